The van der Waals surface area contributed by atoms with Gasteiger partial charge in [-0.1, -0.05) is 25.0 Å². The van der Waals surface area contributed by atoms with E-state index >= 15 is 0 Å². The molecule has 2 fully saturated rings. The summed E-state index contributed by atoms with van der Waals surface area (Å²) in [5, 5.41) is 9.70. The number of pyridine rings is 1. The highest BCUT2D eigenvalue weighted by Gasteiger charge is 2.49. The van der Waals surface area contributed by atoms with E-state index in [1.807, 2.05) is 31.2 Å². The van der Waals surface area contributed by atoms with Gasteiger partial charge in [-0.25, -0.2) is 4.98 Å². The van der Waals surface area contributed by atoms with Crippen molar-refractivity contribution in [2.24, 2.45) is 11.8 Å². The number of hydrogen-bond acceptors (Lipinski definition) is 4. The molecule has 1 aliphatic heterocycles. The van der Waals surface area contributed by atoms with E-state index in [0.717, 1.165) is 43.0 Å². The number of fused-ring (bicyclic) bond motifs is 1. The number of hydrogen-bond donors (Lipinski definition) is 0. The molecule has 33 heavy (non-hydrogen) atoms. The molecule has 4 rings (SSSR count). The minimum absolute atomic E-state index is 0.0155. The van der Waals surface area contributed by atoms with Crippen molar-refractivity contribution in [3.63, 3.8) is 0 Å². The lowest BCUT2D eigenvalue weighted by Gasteiger charge is -2.33. The highest BCUT2D eigenvalue weighted by molar-refractivity contribution is 5.99. The molecule has 5 nitrogen and oxygen atoms in total. The van der Waals surface area contributed by atoms with Gasteiger partial charge in [0.1, 0.15) is 23.5 Å². The Bertz CT molecular complexity index is 1110. The zero-order valence-electron chi connectivity index (χ0n) is 19.0. The van der Waals surface area contributed by atoms with Crippen molar-refractivity contribution in [1.29, 1.82) is 5.26 Å². The van der Waals surface area contributed by atoms with Gasteiger partial charge in [0.05, 0.1) is 5.56 Å². The van der Waals surface area contributed by atoms with Gasteiger partial charge < -0.3 is 9.80 Å². The van der Waals surface area contributed by atoms with Gasteiger partial charge in [-0.05, 0) is 62.3 Å². The Morgan fingerprint density at radius 1 is 1.21 bits per heavy atom. The van der Waals surface area contributed by atoms with Crippen molar-refractivity contribution in [2.45, 2.75) is 51.7 Å². The molecule has 1 aromatic carbocycles. The second-order valence-electron chi connectivity index (χ2n) is 9.16. The molecule has 1 aliphatic carbocycles. The smallest absolute Gasteiger partial charge is 0.343 e. The number of amides is 1. The Morgan fingerprint density at radius 3 is 2.61 bits per heavy atom. The molecular weight excluding hydrogens is 429 g/mol. The zero-order valence-corrected chi connectivity index (χ0v) is 19.0. The minimum atomic E-state index is -4.68. The summed E-state index contributed by atoms with van der Waals surface area (Å²) in [5.41, 5.74) is 0.397. The third-order valence-corrected chi connectivity index (χ3v) is 6.93. The summed E-state index contributed by atoms with van der Waals surface area (Å²) in [4.78, 5) is 21.4. The highest BCUT2D eigenvalue weighted by Crippen LogP contribution is 2.45. The molecule has 2 aliphatic rings. The number of aromatic nitrogens is 1. The average molecular weight is 457 g/mol. The van der Waals surface area contributed by atoms with Gasteiger partial charge in [-0.3, -0.25) is 4.79 Å². The van der Waals surface area contributed by atoms with Gasteiger partial charge in [0.25, 0.3) is 0 Å². The Balaban J connectivity index is 1.81. The standard InChI is InChI=1S/C25H27F3N4O/c1-15-7-6-9-18(11-15)31(3)24(33)22-19-10-5-4-8-17(19)14-32(22)23-20(13-29)21(25(26,27)28)12-16(2)30-23/h6-7,9,11-12,17,19,22H,4-5,8,10,14H2,1-3H3/t17-,19-,22+/m1/s1. The summed E-state index contributed by atoms with van der Waals surface area (Å²) in [7, 11) is 1.70. The summed E-state index contributed by atoms with van der Waals surface area (Å²) in [6.45, 7) is 3.85. The molecule has 174 valence electrons. The number of aryl methyl sites for hydroxylation is 2. The van der Waals surface area contributed by atoms with Crippen LogP contribution in [0.3, 0.4) is 0 Å². The number of carbonyl (C=O) groups excluding carboxylic acids is 1. The second kappa shape index (κ2) is 8.69. The normalized spacial score (nSPS) is 22.6. The molecule has 0 bridgehead atoms. The van der Waals surface area contributed by atoms with E-state index in [2.05, 4.69) is 4.98 Å². The Labute approximate surface area is 191 Å². The van der Waals surface area contributed by atoms with Crippen LogP contribution in [0.15, 0.2) is 30.3 Å². The first-order chi connectivity index (χ1) is 15.6. The van der Waals surface area contributed by atoms with E-state index in [9.17, 15) is 23.2 Å². The van der Waals surface area contributed by atoms with Crippen LogP contribution < -0.4 is 9.80 Å². The number of nitriles is 1. The van der Waals surface area contributed by atoms with Gasteiger partial charge in [-0.15, -0.1) is 0 Å². The molecular formula is C25H27F3N4O. The van der Waals surface area contributed by atoms with Crippen molar-refractivity contribution >= 4 is 17.4 Å². The zero-order chi connectivity index (χ0) is 23.9. The Kier molecular flexibility index (Phi) is 6.08. The topological polar surface area (TPSA) is 60.2 Å². The Hall–Kier alpha value is -3.08. The number of halogens is 3. The fourth-order valence-corrected chi connectivity index (χ4v) is 5.37. The number of benzene rings is 1. The number of carbonyl (C=O) groups is 1. The highest BCUT2D eigenvalue weighted by atomic mass is 19.4. The van der Waals surface area contributed by atoms with Crippen LogP contribution in [0.1, 0.15) is 48.1 Å². The van der Waals surface area contributed by atoms with E-state index in [1.54, 1.807) is 22.9 Å². The van der Waals surface area contributed by atoms with Crippen LogP contribution in [-0.2, 0) is 11.0 Å². The number of nitrogens with zero attached hydrogens (tertiary/aromatic N) is 4. The molecule has 1 aromatic heterocycles. The minimum Gasteiger partial charge on any atom is -0.343 e. The van der Waals surface area contributed by atoms with Crippen LogP contribution in [0.4, 0.5) is 24.7 Å². The summed E-state index contributed by atoms with van der Waals surface area (Å²) >= 11 is 0. The van der Waals surface area contributed by atoms with Gasteiger partial charge in [0, 0.05) is 25.0 Å². The first-order valence-electron chi connectivity index (χ1n) is 11.2. The van der Waals surface area contributed by atoms with Gasteiger partial charge in [-0.2, -0.15) is 18.4 Å². The SMILES string of the molecule is Cc1cccc(N(C)C(=O)[C@@H]2[C@@H]3CCCC[C@@H]3CN2c2nc(C)cc(C(F)(F)F)c2C#N)c1. The van der Waals surface area contributed by atoms with Crippen LogP contribution in [0.2, 0.25) is 0 Å². The quantitative estimate of drug-likeness (QED) is 0.633. The first kappa shape index (κ1) is 23.1. The van der Waals surface area contributed by atoms with Crippen LogP contribution in [-0.4, -0.2) is 30.5 Å². The lowest BCUT2D eigenvalue weighted by Crippen LogP contribution is -2.48. The van der Waals surface area contributed by atoms with Gasteiger partial charge >= 0.3 is 6.18 Å². The number of anilines is 2. The van der Waals surface area contributed by atoms with E-state index in [4.69, 9.17) is 0 Å². The summed E-state index contributed by atoms with van der Waals surface area (Å²) in [6, 6.07) is 9.53. The lowest BCUT2D eigenvalue weighted by molar-refractivity contribution is -0.137. The molecule has 1 amide bonds. The molecule has 8 heteroatoms. The summed E-state index contributed by atoms with van der Waals surface area (Å²) in [5.74, 6) is -0.0190. The molecule has 0 unspecified atom stereocenters. The molecule has 2 heterocycles. The summed E-state index contributed by atoms with van der Waals surface area (Å²) < 4.78 is 41.2. The molecule has 3 atom stereocenters. The monoisotopic (exact) mass is 456 g/mol. The Morgan fingerprint density at radius 2 is 1.94 bits per heavy atom. The van der Waals surface area contributed by atoms with Gasteiger partial charge in [0.2, 0.25) is 5.91 Å². The van der Waals surface area contributed by atoms with Crippen LogP contribution in [0, 0.1) is 37.0 Å². The van der Waals surface area contributed by atoms with Crippen LogP contribution >= 0.6 is 0 Å². The number of alkyl halides is 3. The van der Waals surface area contributed by atoms with Crippen molar-refractivity contribution < 1.29 is 18.0 Å². The fourth-order valence-electron chi connectivity index (χ4n) is 5.37. The maximum absolute atomic E-state index is 13.8. The third-order valence-electron chi connectivity index (χ3n) is 6.93. The average Bonchev–Trinajstić information content (AvgIpc) is 3.16. The number of likely N-dealkylation sites (N-methyl/N-ethyl adjacent to an activating group) is 1. The molecule has 0 radical (unpaired) electrons. The predicted octanol–water partition coefficient (Wildman–Crippen LogP) is 5.25. The van der Waals surface area contributed by atoms with E-state index in [0.29, 0.717) is 6.54 Å². The van der Waals surface area contributed by atoms with E-state index in [-0.39, 0.29) is 29.3 Å². The fraction of sp³-hybridized carbons (Fsp3) is 0.480. The van der Waals surface area contributed by atoms with E-state index in [1.165, 1.54) is 6.92 Å². The maximum atomic E-state index is 13.8. The van der Waals surface area contributed by atoms with Crippen molar-refractivity contribution in [2.75, 3.05) is 23.4 Å². The largest absolute Gasteiger partial charge is 0.417 e. The van der Waals surface area contributed by atoms with Gasteiger partial charge in [0.15, 0.2) is 0 Å². The van der Waals surface area contributed by atoms with Crippen molar-refractivity contribution in [1.82, 2.24) is 4.98 Å². The first-order valence-corrected chi connectivity index (χ1v) is 11.2. The maximum Gasteiger partial charge on any atom is 0.417 e. The lowest BCUT2D eigenvalue weighted by atomic mass is 9.78. The van der Waals surface area contributed by atoms with Crippen LogP contribution in [0.5, 0.6) is 0 Å². The molecule has 0 spiro atoms. The van der Waals surface area contributed by atoms with Crippen LogP contribution in [0.25, 0.3) is 0 Å². The second-order valence-corrected chi connectivity index (χ2v) is 9.16. The molecule has 0 N–H and O–H groups in total. The summed E-state index contributed by atoms with van der Waals surface area (Å²) in [6.07, 6.45) is -0.924. The molecule has 2 aromatic rings. The third kappa shape index (κ3) is 4.29. The van der Waals surface area contributed by atoms with Crippen molar-refractivity contribution in [3.8, 4) is 6.07 Å². The predicted molar refractivity (Wildman–Crippen MR) is 120 cm³/mol. The molecule has 1 saturated heterocycles. The molecule has 1 saturated carbocycles. The van der Waals surface area contributed by atoms with Crippen molar-refractivity contribution in [3.05, 3.63) is 52.7 Å². The van der Waals surface area contributed by atoms with E-state index < -0.39 is 23.3 Å². The number of rotatable bonds is 3.